The van der Waals surface area contributed by atoms with Gasteiger partial charge in [0.25, 0.3) is 0 Å². The number of hydrogen-bond acceptors (Lipinski definition) is 8. The van der Waals surface area contributed by atoms with E-state index in [1.54, 1.807) is 41.2 Å². The van der Waals surface area contributed by atoms with E-state index >= 15 is 0 Å². The van der Waals surface area contributed by atoms with Crippen LogP contribution in [0.3, 0.4) is 0 Å². The van der Waals surface area contributed by atoms with Gasteiger partial charge in [0.2, 0.25) is 0 Å². The molecule has 0 amide bonds. The highest BCUT2D eigenvalue weighted by Crippen LogP contribution is 2.32. The van der Waals surface area contributed by atoms with E-state index in [9.17, 15) is 9.30 Å². The molecule has 3 aromatic heterocycles. The van der Waals surface area contributed by atoms with Gasteiger partial charge in [0.1, 0.15) is 17.2 Å². The van der Waals surface area contributed by atoms with E-state index in [0.717, 1.165) is 5.01 Å². The van der Waals surface area contributed by atoms with Crippen molar-refractivity contribution in [3.05, 3.63) is 58.9 Å². The van der Waals surface area contributed by atoms with Crippen molar-refractivity contribution in [2.24, 2.45) is 5.29 Å². The molecule has 0 atom stereocenters. The molecule has 4 aromatic rings. The number of nitrogen functional groups attached to an aromatic ring is 2. The highest BCUT2D eigenvalue weighted by atomic mass is 19.1. The quantitative estimate of drug-likeness (QED) is 0.389. The van der Waals surface area contributed by atoms with Crippen LogP contribution in [0.25, 0.3) is 22.6 Å². The molecule has 0 bridgehead atoms. The Kier molecular flexibility index (Phi) is 4.47. The number of nitrogens with zero attached hydrogens (tertiary/aromatic N) is 7. The predicted molar refractivity (Wildman–Crippen MR) is 107 cm³/mol. The first-order valence-electron chi connectivity index (χ1n) is 8.55. The van der Waals surface area contributed by atoms with Gasteiger partial charge in [0, 0.05) is 18.8 Å². The first kappa shape index (κ1) is 18.2. The van der Waals surface area contributed by atoms with Crippen LogP contribution in [-0.2, 0) is 6.54 Å². The minimum atomic E-state index is -0.341. The smallest absolute Gasteiger partial charge is 0.184 e. The highest BCUT2D eigenvalue weighted by molar-refractivity contribution is 5.90. The molecule has 1 aromatic carbocycles. The van der Waals surface area contributed by atoms with Crippen LogP contribution in [0.2, 0.25) is 0 Å². The van der Waals surface area contributed by atoms with E-state index in [4.69, 9.17) is 11.5 Å². The average Bonchev–Trinajstić information content (AvgIpc) is 3.07. The third-order valence-corrected chi connectivity index (χ3v) is 4.38. The van der Waals surface area contributed by atoms with E-state index < -0.39 is 0 Å². The van der Waals surface area contributed by atoms with Crippen LogP contribution in [0, 0.1) is 10.7 Å². The zero-order valence-corrected chi connectivity index (χ0v) is 15.3. The van der Waals surface area contributed by atoms with Crippen molar-refractivity contribution < 1.29 is 4.39 Å². The van der Waals surface area contributed by atoms with Gasteiger partial charge in [0.05, 0.1) is 17.2 Å². The van der Waals surface area contributed by atoms with Crippen LogP contribution >= 0.6 is 0 Å². The Morgan fingerprint density at radius 3 is 2.55 bits per heavy atom. The van der Waals surface area contributed by atoms with E-state index in [0.29, 0.717) is 22.3 Å². The van der Waals surface area contributed by atoms with Gasteiger partial charge in [-0.2, -0.15) is 5.10 Å². The zero-order chi connectivity index (χ0) is 20.5. The van der Waals surface area contributed by atoms with Gasteiger partial charge in [0.15, 0.2) is 23.1 Å². The maximum absolute atomic E-state index is 14.1. The number of pyridine rings is 1. The van der Waals surface area contributed by atoms with Gasteiger partial charge < -0.3 is 11.5 Å². The molecule has 146 valence electrons. The fourth-order valence-electron chi connectivity index (χ4n) is 3.04. The fourth-order valence-corrected chi connectivity index (χ4v) is 3.04. The summed E-state index contributed by atoms with van der Waals surface area (Å²) in [5.41, 5.74) is 13.4. The largest absolute Gasteiger partial charge is 0.382 e. The monoisotopic (exact) mass is 393 g/mol. The molecular weight excluding hydrogens is 377 g/mol. The van der Waals surface area contributed by atoms with Gasteiger partial charge in [-0.3, -0.25) is 0 Å². The molecule has 0 aliphatic rings. The molecule has 0 unspecified atom stereocenters. The molecule has 0 aliphatic carbocycles. The van der Waals surface area contributed by atoms with Crippen molar-refractivity contribution in [2.75, 3.05) is 23.5 Å². The van der Waals surface area contributed by atoms with Gasteiger partial charge >= 0.3 is 0 Å². The number of halogens is 1. The van der Waals surface area contributed by atoms with Crippen molar-refractivity contribution in [3.63, 3.8) is 0 Å². The van der Waals surface area contributed by atoms with E-state index in [2.05, 4.69) is 25.3 Å². The summed E-state index contributed by atoms with van der Waals surface area (Å²) >= 11 is 0. The summed E-state index contributed by atoms with van der Waals surface area (Å²) in [7, 11) is 1.39. The Hall–Kier alpha value is -4.15. The molecule has 4 N–H and O–H groups in total. The zero-order valence-electron chi connectivity index (χ0n) is 15.3. The summed E-state index contributed by atoms with van der Waals surface area (Å²) < 4.78 is 15.7. The molecule has 0 fully saturated rings. The molecule has 11 heteroatoms. The minimum absolute atomic E-state index is 0.0182. The summed E-state index contributed by atoms with van der Waals surface area (Å²) in [5, 5.41) is 8.90. The van der Waals surface area contributed by atoms with Crippen molar-refractivity contribution >= 4 is 28.4 Å². The summed E-state index contributed by atoms with van der Waals surface area (Å²) in [5.74, 6) is -0.217. The van der Waals surface area contributed by atoms with Crippen LogP contribution < -0.4 is 16.5 Å². The molecule has 4 rings (SSSR count). The Morgan fingerprint density at radius 2 is 1.86 bits per heavy atom. The number of hydrogen-bond donors (Lipinski definition) is 2. The van der Waals surface area contributed by atoms with E-state index in [-0.39, 0.29) is 35.5 Å². The van der Waals surface area contributed by atoms with Gasteiger partial charge in [-0.15, -0.1) is 4.91 Å². The lowest BCUT2D eigenvalue weighted by atomic mass is 10.2. The van der Waals surface area contributed by atoms with E-state index in [1.807, 2.05) is 0 Å². The van der Waals surface area contributed by atoms with Crippen LogP contribution in [0.5, 0.6) is 0 Å². The van der Waals surface area contributed by atoms with Gasteiger partial charge in [-0.25, -0.2) is 29.0 Å². The van der Waals surface area contributed by atoms with Crippen molar-refractivity contribution in [2.45, 2.75) is 6.54 Å². The first-order chi connectivity index (χ1) is 14.0. The van der Waals surface area contributed by atoms with Crippen LogP contribution in [-0.4, -0.2) is 31.8 Å². The number of nitroso groups, excluding NO2 is 1. The molecule has 0 aliphatic heterocycles. The van der Waals surface area contributed by atoms with Gasteiger partial charge in [-0.1, -0.05) is 18.2 Å². The number of aromatic nitrogens is 5. The minimum Gasteiger partial charge on any atom is -0.382 e. The lowest BCUT2D eigenvalue weighted by Gasteiger charge is -2.13. The standard InChI is InChI=1S/C18H16FN9O/c1-27(26-29)14-15(20)23-17(24-16(14)21)13-11-6-4-8-22-18(11)28(25-13)9-10-5-2-3-7-12(10)19/h2-8H,9H2,1H3,(H4,20,21,23,24). The van der Waals surface area contributed by atoms with Crippen LogP contribution in [0.4, 0.5) is 21.7 Å². The van der Waals surface area contributed by atoms with Crippen molar-refractivity contribution in [3.8, 4) is 11.5 Å². The molecule has 0 saturated carbocycles. The first-order valence-corrected chi connectivity index (χ1v) is 8.55. The highest BCUT2D eigenvalue weighted by Gasteiger charge is 2.21. The maximum atomic E-state index is 14.1. The van der Waals surface area contributed by atoms with Crippen molar-refractivity contribution in [1.29, 1.82) is 0 Å². The number of benzene rings is 1. The maximum Gasteiger partial charge on any atom is 0.184 e. The second kappa shape index (κ2) is 7.11. The normalized spacial score (nSPS) is 11.0. The summed E-state index contributed by atoms with van der Waals surface area (Å²) in [6, 6.07) is 9.97. The SMILES string of the molecule is CN(N=O)c1c(N)nc(-c2nn(Cc3ccccc3F)c3ncccc23)nc1N. The van der Waals surface area contributed by atoms with Crippen LogP contribution in [0.1, 0.15) is 5.56 Å². The van der Waals surface area contributed by atoms with E-state index in [1.165, 1.54) is 13.1 Å². The van der Waals surface area contributed by atoms with Gasteiger partial charge in [-0.05, 0) is 18.2 Å². The molecular formula is C18H16FN9O. The summed E-state index contributed by atoms with van der Waals surface area (Å²) in [4.78, 5) is 23.6. The molecule has 10 nitrogen and oxygen atoms in total. The fraction of sp³-hybridized carbons (Fsp3) is 0.111. The summed E-state index contributed by atoms with van der Waals surface area (Å²) in [6.45, 7) is 0.168. The Morgan fingerprint density at radius 1 is 1.14 bits per heavy atom. The lowest BCUT2D eigenvalue weighted by Crippen LogP contribution is -2.15. The number of rotatable bonds is 5. The lowest BCUT2D eigenvalue weighted by molar-refractivity contribution is 0.589. The van der Waals surface area contributed by atoms with Crippen molar-refractivity contribution in [1.82, 2.24) is 24.7 Å². The second-order valence-electron chi connectivity index (χ2n) is 6.24. The molecule has 29 heavy (non-hydrogen) atoms. The Bertz CT molecular complexity index is 1200. The molecule has 0 spiro atoms. The number of anilines is 3. The molecule has 0 saturated heterocycles. The van der Waals surface area contributed by atoms with Crippen LogP contribution in [0.15, 0.2) is 47.9 Å². The number of nitrogens with two attached hydrogens (primary N) is 2. The second-order valence-corrected chi connectivity index (χ2v) is 6.24. The third-order valence-electron chi connectivity index (χ3n) is 4.38. The predicted octanol–water partition coefficient (Wildman–Crippen LogP) is 2.36. The topological polar surface area (TPSA) is 141 Å². The number of fused-ring (bicyclic) bond motifs is 1. The third kappa shape index (κ3) is 3.18. The average molecular weight is 393 g/mol. The summed E-state index contributed by atoms with van der Waals surface area (Å²) in [6.07, 6.45) is 1.61. The Balaban J connectivity index is 1.85. The molecule has 3 heterocycles. The Labute approximate surface area is 163 Å². The molecule has 0 radical (unpaired) electrons.